The number of benzene rings is 1. The molecule has 0 aliphatic heterocycles. The predicted octanol–water partition coefficient (Wildman–Crippen LogP) is 2.48. The van der Waals surface area contributed by atoms with Gasteiger partial charge in [-0.25, -0.2) is 0 Å². The Balaban J connectivity index is 2.52. The number of hydrogen-bond donors (Lipinski definition) is 2. The van der Waals surface area contributed by atoms with Crippen LogP contribution in [-0.4, -0.2) is 12.5 Å². The third-order valence-electron chi connectivity index (χ3n) is 2.71. The van der Waals surface area contributed by atoms with Gasteiger partial charge in [0.2, 0.25) is 0 Å². The van der Waals surface area contributed by atoms with E-state index in [2.05, 4.69) is 19.2 Å². The molecule has 1 amide bonds. The first kappa shape index (κ1) is 13.7. The smallest absolute Gasteiger partial charge is 0.251 e. The molecule has 1 unspecified atom stereocenters. The first-order valence-electron chi connectivity index (χ1n) is 6.14. The van der Waals surface area contributed by atoms with E-state index in [0.717, 1.165) is 18.5 Å². The third-order valence-corrected chi connectivity index (χ3v) is 2.71. The van der Waals surface area contributed by atoms with Crippen molar-refractivity contribution in [2.24, 2.45) is 11.7 Å². The summed E-state index contributed by atoms with van der Waals surface area (Å²) in [6, 6.07) is 7.46. The Kier molecular flexibility index (Phi) is 5.16. The number of nitrogens with one attached hydrogen (secondary N) is 1. The zero-order chi connectivity index (χ0) is 12.8. The van der Waals surface area contributed by atoms with Crippen molar-refractivity contribution in [3.8, 4) is 0 Å². The fraction of sp³-hybridized carbons (Fsp3) is 0.500. The lowest BCUT2D eigenvalue weighted by molar-refractivity contribution is 0.0952. The molecule has 1 aromatic rings. The minimum absolute atomic E-state index is 0.00746. The lowest BCUT2D eigenvalue weighted by atomic mass is 10.1. The van der Waals surface area contributed by atoms with Crippen LogP contribution in [0, 0.1) is 5.92 Å². The second-order valence-electron chi connectivity index (χ2n) is 4.85. The second-order valence-corrected chi connectivity index (χ2v) is 4.85. The van der Waals surface area contributed by atoms with Gasteiger partial charge in [0, 0.05) is 18.2 Å². The number of carbonyl (C=O) groups is 1. The molecule has 0 fully saturated rings. The van der Waals surface area contributed by atoms with Gasteiger partial charge in [-0.1, -0.05) is 26.0 Å². The number of rotatable bonds is 5. The maximum absolute atomic E-state index is 11.8. The zero-order valence-corrected chi connectivity index (χ0v) is 10.9. The van der Waals surface area contributed by atoms with Gasteiger partial charge in [0.15, 0.2) is 0 Å². The van der Waals surface area contributed by atoms with Crippen molar-refractivity contribution in [2.75, 3.05) is 6.54 Å². The Morgan fingerprint density at radius 1 is 1.24 bits per heavy atom. The van der Waals surface area contributed by atoms with Gasteiger partial charge in [0.25, 0.3) is 5.91 Å². The van der Waals surface area contributed by atoms with Gasteiger partial charge in [-0.3, -0.25) is 4.79 Å². The van der Waals surface area contributed by atoms with E-state index >= 15 is 0 Å². The van der Waals surface area contributed by atoms with Gasteiger partial charge in [-0.15, -0.1) is 0 Å². The van der Waals surface area contributed by atoms with E-state index < -0.39 is 0 Å². The van der Waals surface area contributed by atoms with Crippen molar-refractivity contribution in [2.45, 2.75) is 33.2 Å². The van der Waals surface area contributed by atoms with Gasteiger partial charge in [0.1, 0.15) is 0 Å². The molecule has 0 aromatic heterocycles. The Hall–Kier alpha value is -1.35. The van der Waals surface area contributed by atoms with Crippen LogP contribution in [0.1, 0.15) is 49.2 Å². The maximum Gasteiger partial charge on any atom is 0.251 e. The van der Waals surface area contributed by atoms with E-state index in [9.17, 15) is 4.79 Å². The molecule has 3 heteroatoms. The molecule has 1 rings (SSSR count). The molecule has 0 radical (unpaired) electrons. The Bertz CT molecular complexity index is 355. The van der Waals surface area contributed by atoms with Crippen molar-refractivity contribution < 1.29 is 4.79 Å². The zero-order valence-electron chi connectivity index (χ0n) is 10.9. The Labute approximate surface area is 103 Å². The van der Waals surface area contributed by atoms with Crippen LogP contribution in [0.15, 0.2) is 24.3 Å². The van der Waals surface area contributed by atoms with Gasteiger partial charge in [-0.05, 0) is 37.0 Å². The highest BCUT2D eigenvalue weighted by atomic mass is 16.1. The molecule has 0 heterocycles. The normalized spacial score (nSPS) is 12.5. The molecule has 3 nitrogen and oxygen atoms in total. The van der Waals surface area contributed by atoms with E-state index in [1.807, 2.05) is 31.2 Å². The summed E-state index contributed by atoms with van der Waals surface area (Å²) in [5.74, 6) is 0.595. The molecule has 3 N–H and O–H groups in total. The topological polar surface area (TPSA) is 55.1 Å². The maximum atomic E-state index is 11.8. The predicted molar refractivity (Wildman–Crippen MR) is 70.8 cm³/mol. The summed E-state index contributed by atoms with van der Waals surface area (Å²) in [5.41, 5.74) is 7.49. The Morgan fingerprint density at radius 2 is 1.82 bits per heavy atom. The van der Waals surface area contributed by atoms with Crippen LogP contribution in [-0.2, 0) is 0 Å². The molecule has 0 saturated carbocycles. The van der Waals surface area contributed by atoms with Crippen LogP contribution in [0.5, 0.6) is 0 Å². The molecule has 0 aliphatic rings. The van der Waals surface area contributed by atoms with E-state index in [-0.39, 0.29) is 11.9 Å². The van der Waals surface area contributed by atoms with E-state index in [1.54, 1.807) is 0 Å². The standard InChI is InChI=1S/C14H22N2O/c1-10(2)8-9-16-14(17)13-6-4-12(5-7-13)11(3)15/h4-7,10-11H,8-9,15H2,1-3H3,(H,16,17). The largest absolute Gasteiger partial charge is 0.352 e. The molecule has 0 aliphatic carbocycles. The SMILES string of the molecule is CC(C)CCNC(=O)c1ccc(C(C)N)cc1. The minimum Gasteiger partial charge on any atom is -0.352 e. The van der Waals surface area contributed by atoms with Gasteiger partial charge in [-0.2, -0.15) is 0 Å². The van der Waals surface area contributed by atoms with Crippen molar-refractivity contribution in [3.63, 3.8) is 0 Å². The molecule has 1 atom stereocenters. The summed E-state index contributed by atoms with van der Waals surface area (Å²) in [7, 11) is 0. The molecule has 0 saturated heterocycles. The summed E-state index contributed by atoms with van der Waals surface area (Å²) in [4.78, 5) is 11.8. The van der Waals surface area contributed by atoms with Crippen LogP contribution < -0.4 is 11.1 Å². The number of nitrogens with two attached hydrogens (primary N) is 1. The quantitative estimate of drug-likeness (QED) is 0.822. The fourth-order valence-corrected chi connectivity index (χ4v) is 1.51. The fourth-order valence-electron chi connectivity index (χ4n) is 1.51. The van der Waals surface area contributed by atoms with Crippen LogP contribution in [0.3, 0.4) is 0 Å². The van der Waals surface area contributed by atoms with Gasteiger partial charge in [0.05, 0.1) is 0 Å². The highest BCUT2D eigenvalue weighted by molar-refractivity contribution is 5.94. The molecule has 0 bridgehead atoms. The van der Waals surface area contributed by atoms with Crippen molar-refractivity contribution in [1.29, 1.82) is 0 Å². The molecule has 94 valence electrons. The van der Waals surface area contributed by atoms with E-state index in [0.29, 0.717) is 11.5 Å². The highest BCUT2D eigenvalue weighted by Crippen LogP contribution is 2.10. The lowest BCUT2D eigenvalue weighted by Gasteiger charge is -2.09. The highest BCUT2D eigenvalue weighted by Gasteiger charge is 2.06. The van der Waals surface area contributed by atoms with E-state index in [4.69, 9.17) is 5.73 Å². The molecule has 0 spiro atoms. The van der Waals surface area contributed by atoms with Crippen LogP contribution in [0.25, 0.3) is 0 Å². The first-order chi connectivity index (χ1) is 8.00. The van der Waals surface area contributed by atoms with Crippen molar-refractivity contribution in [3.05, 3.63) is 35.4 Å². The summed E-state index contributed by atoms with van der Waals surface area (Å²) >= 11 is 0. The average molecular weight is 234 g/mol. The summed E-state index contributed by atoms with van der Waals surface area (Å²) in [5, 5.41) is 2.91. The monoisotopic (exact) mass is 234 g/mol. The second kappa shape index (κ2) is 6.40. The van der Waals surface area contributed by atoms with Crippen LogP contribution in [0.2, 0.25) is 0 Å². The minimum atomic E-state index is -0.0122. The summed E-state index contributed by atoms with van der Waals surface area (Å²) in [6.45, 7) is 6.94. The first-order valence-corrected chi connectivity index (χ1v) is 6.14. The van der Waals surface area contributed by atoms with Crippen LogP contribution in [0.4, 0.5) is 0 Å². The molecular formula is C14H22N2O. The van der Waals surface area contributed by atoms with Gasteiger partial charge < -0.3 is 11.1 Å². The average Bonchev–Trinajstić information content (AvgIpc) is 2.28. The van der Waals surface area contributed by atoms with Crippen molar-refractivity contribution in [1.82, 2.24) is 5.32 Å². The number of amides is 1. The van der Waals surface area contributed by atoms with Crippen molar-refractivity contribution >= 4 is 5.91 Å². The number of carbonyl (C=O) groups excluding carboxylic acids is 1. The summed E-state index contributed by atoms with van der Waals surface area (Å²) < 4.78 is 0. The number of hydrogen-bond acceptors (Lipinski definition) is 2. The molecular weight excluding hydrogens is 212 g/mol. The summed E-state index contributed by atoms with van der Waals surface area (Å²) in [6.07, 6.45) is 1.00. The van der Waals surface area contributed by atoms with Crippen LogP contribution >= 0.6 is 0 Å². The van der Waals surface area contributed by atoms with Gasteiger partial charge >= 0.3 is 0 Å². The van der Waals surface area contributed by atoms with E-state index in [1.165, 1.54) is 0 Å². The third kappa shape index (κ3) is 4.57. The molecule has 17 heavy (non-hydrogen) atoms. The molecule has 1 aromatic carbocycles. The Morgan fingerprint density at radius 3 is 2.29 bits per heavy atom. The lowest BCUT2D eigenvalue weighted by Crippen LogP contribution is -2.25.